The summed E-state index contributed by atoms with van der Waals surface area (Å²) >= 11 is 0. The average molecular weight is 360 g/mol. The van der Waals surface area contributed by atoms with Crippen molar-refractivity contribution in [2.24, 2.45) is 0 Å². The van der Waals surface area contributed by atoms with E-state index in [4.69, 9.17) is 0 Å². The lowest BCUT2D eigenvalue weighted by Crippen LogP contribution is -2.47. The van der Waals surface area contributed by atoms with E-state index in [1.165, 1.54) is 4.31 Å². The van der Waals surface area contributed by atoms with Crippen LogP contribution < -0.4 is 9.62 Å². The predicted molar refractivity (Wildman–Crippen MR) is 102 cm³/mol. The van der Waals surface area contributed by atoms with Gasteiger partial charge in [0, 0.05) is 5.69 Å². The van der Waals surface area contributed by atoms with Crippen molar-refractivity contribution in [1.82, 2.24) is 0 Å². The fourth-order valence-corrected chi connectivity index (χ4v) is 3.87. The topological polar surface area (TPSA) is 66.5 Å². The quantitative estimate of drug-likeness (QED) is 0.857. The Balaban J connectivity index is 2.40. The van der Waals surface area contributed by atoms with Crippen LogP contribution in [-0.2, 0) is 14.8 Å². The second-order valence-corrected chi connectivity index (χ2v) is 7.97. The van der Waals surface area contributed by atoms with Crippen molar-refractivity contribution in [2.45, 2.75) is 33.2 Å². The zero-order valence-corrected chi connectivity index (χ0v) is 15.8. The molecule has 0 aromatic heterocycles. The summed E-state index contributed by atoms with van der Waals surface area (Å²) in [5.74, 6) is -0.350. The first-order chi connectivity index (χ1) is 11.7. The van der Waals surface area contributed by atoms with Crippen LogP contribution in [-0.4, -0.2) is 26.6 Å². The first-order valence-electron chi connectivity index (χ1n) is 8.16. The third-order valence-corrected chi connectivity index (χ3v) is 5.30. The fraction of sp³-hybridized carbons (Fsp3) is 0.316. The van der Waals surface area contributed by atoms with E-state index < -0.39 is 16.1 Å². The molecule has 0 saturated heterocycles. The zero-order valence-electron chi connectivity index (χ0n) is 15.0. The van der Waals surface area contributed by atoms with Gasteiger partial charge in [0.05, 0.1) is 11.9 Å². The van der Waals surface area contributed by atoms with Crippen LogP contribution in [0.25, 0.3) is 0 Å². The van der Waals surface area contributed by atoms with Crippen LogP contribution in [0, 0.1) is 13.8 Å². The summed E-state index contributed by atoms with van der Waals surface area (Å²) in [6, 6.07) is 13.6. The smallest absolute Gasteiger partial charge is 0.248 e. The zero-order chi connectivity index (χ0) is 18.6. The molecule has 2 aromatic carbocycles. The largest absolute Gasteiger partial charge is 0.324 e. The van der Waals surface area contributed by atoms with Gasteiger partial charge in [0.15, 0.2) is 0 Å². The van der Waals surface area contributed by atoms with Gasteiger partial charge in [0.25, 0.3) is 0 Å². The molecular weight excluding hydrogens is 336 g/mol. The number of amides is 1. The molecule has 1 amide bonds. The number of nitrogens with one attached hydrogen (secondary N) is 1. The summed E-state index contributed by atoms with van der Waals surface area (Å²) in [4.78, 5) is 12.7. The molecule has 0 unspecified atom stereocenters. The summed E-state index contributed by atoms with van der Waals surface area (Å²) in [5, 5.41) is 2.80. The number of rotatable bonds is 6. The molecule has 0 saturated carbocycles. The third-order valence-electron chi connectivity index (χ3n) is 4.12. The highest BCUT2D eigenvalue weighted by molar-refractivity contribution is 7.92. The molecule has 6 heteroatoms. The summed E-state index contributed by atoms with van der Waals surface area (Å²) < 4.78 is 26.1. The Bertz CT molecular complexity index is 848. The van der Waals surface area contributed by atoms with Crippen LogP contribution in [0.4, 0.5) is 11.4 Å². The predicted octanol–water partition coefficient (Wildman–Crippen LogP) is 3.49. The van der Waals surface area contributed by atoms with Gasteiger partial charge in [0.1, 0.15) is 6.04 Å². The van der Waals surface area contributed by atoms with E-state index >= 15 is 0 Å². The number of nitrogens with zero attached hydrogens (tertiary/aromatic N) is 1. The molecule has 1 N–H and O–H groups in total. The molecule has 0 aliphatic carbocycles. The van der Waals surface area contributed by atoms with Crippen molar-refractivity contribution in [2.75, 3.05) is 15.9 Å². The highest BCUT2D eigenvalue weighted by Gasteiger charge is 2.31. The Kier molecular flexibility index (Phi) is 5.85. The van der Waals surface area contributed by atoms with Crippen molar-refractivity contribution in [3.05, 3.63) is 59.7 Å². The van der Waals surface area contributed by atoms with Gasteiger partial charge < -0.3 is 5.32 Å². The maximum absolute atomic E-state index is 12.7. The van der Waals surface area contributed by atoms with Gasteiger partial charge in [-0.15, -0.1) is 0 Å². The Morgan fingerprint density at radius 3 is 2.24 bits per heavy atom. The summed E-state index contributed by atoms with van der Waals surface area (Å²) in [6.07, 6.45) is 1.49. The van der Waals surface area contributed by atoms with Crippen LogP contribution >= 0.6 is 0 Å². The monoisotopic (exact) mass is 360 g/mol. The highest BCUT2D eigenvalue weighted by Crippen LogP contribution is 2.25. The molecule has 0 aliphatic heterocycles. The lowest BCUT2D eigenvalue weighted by Gasteiger charge is -2.30. The molecule has 0 fully saturated rings. The molecule has 0 aliphatic rings. The molecule has 2 rings (SSSR count). The molecule has 5 nitrogen and oxygen atoms in total. The molecule has 2 aromatic rings. The van der Waals surface area contributed by atoms with Crippen molar-refractivity contribution < 1.29 is 13.2 Å². The van der Waals surface area contributed by atoms with Crippen molar-refractivity contribution in [3.8, 4) is 0 Å². The molecular formula is C19H24N2O3S. The van der Waals surface area contributed by atoms with E-state index in [-0.39, 0.29) is 5.91 Å². The molecule has 0 heterocycles. The van der Waals surface area contributed by atoms with Crippen LogP contribution in [0.15, 0.2) is 48.5 Å². The maximum atomic E-state index is 12.7. The van der Waals surface area contributed by atoms with Gasteiger partial charge in [-0.25, -0.2) is 8.42 Å². The number of hydrogen-bond acceptors (Lipinski definition) is 3. The highest BCUT2D eigenvalue weighted by atomic mass is 32.2. The van der Waals surface area contributed by atoms with Gasteiger partial charge in [-0.05, 0) is 55.7 Å². The average Bonchev–Trinajstić information content (AvgIpc) is 2.55. The van der Waals surface area contributed by atoms with Crippen LogP contribution in [0.3, 0.4) is 0 Å². The van der Waals surface area contributed by atoms with Gasteiger partial charge >= 0.3 is 0 Å². The van der Waals surface area contributed by atoms with Crippen molar-refractivity contribution in [1.29, 1.82) is 0 Å². The maximum Gasteiger partial charge on any atom is 0.248 e. The first-order valence-corrected chi connectivity index (χ1v) is 10.0. The molecule has 0 radical (unpaired) electrons. The van der Waals surface area contributed by atoms with Gasteiger partial charge in [-0.3, -0.25) is 9.10 Å². The standard InChI is InChI=1S/C19H24N2O3S/c1-5-18(19(22)20-16-9-7-6-8-10-16)21(25(4,23)24)17-12-11-14(2)15(3)13-17/h6-13,18H,5H2,1-4H3,(H,20,22)/t18-/m1/s1. The van der Waals surface area contributed by atoms with E-state index in [0.717, 1.165) is 17.4 Å². The number of carbonyl (C=O) groups is 1. The van der Waals surface area contributed by atoms with Crippen molar-refractivity contribution >= 4 is 27.3 Å². The van der Waals surface area contributed by atoms with E-state index in [2.05, 4.69) is 5.32 Å². The van der Waals surface area contributed by atoms with Crippen molar-refractivity contribution in [3.63, 3.8) is 0 Å². The van der Waals surface area contributed by atoms with E-state index in [0.29, 0.717) is 17.8 Å². The normalized spacial score (nSPS) is 12.5. The van der Waals surface area contributed by atoms with Gasteiger partial charge in [-0.1, -0.05) is 31.2 Å². The van der Waals surface area contributed by atoms with E-state index in [1.54, 1.807) is 31.2 Å². The molecule has 1 atom stereocenters. The molecule has 25 heavy (non-hydrogen) atoms. The minimum absolute atomic E-state index is 0.350. The Hall–Kier alpha value is -2.34. The first kappa shape index (κ1) is 19.0. The van der Waals surface area contributed by atoms with E-state index in [9.17, 15) is 13.2 Å². The summed E-state index contributed by atoms with van der Waals surface area (Å²) in [7, 11) is -3.62. The second kappa shape index (κ2) is 7.70. The summed E-state index contributed by atoms with van der Waals surface area (Å²) in [6.45, 7) is 5.68. The summed E-state index contributed by atoms with van der Waals surface area (Å²) in [5.41, 5.74) is 3.18. The number of hydrogen-bond donors (Lipinski definition) is 1. The SMILES string of the molecule is CC[C@H](C(=O)Nc1ccccc1)N(c1ccc(C)c(C)c1)S(C)(=O)=O. The number of benzene rings is 2. The third kappa shape index (κ3) is 4.60. The minimum Gasteiger partial charge on any atom is -0.324 e. The second-order valence-electron chi connectivity index (χ2n) is 6.11. The number of anilines is 2. The van der Waals surface area contributed by atoms with Gasteiger partial charge in [-0.2, -0.15) is 0 Å². The molecule has 0 bridgehead atoms. The number of sulfonamides is 1. The lowest BCUT2D eigenvalue weighted by molar-refractivity contribution is -0.117. The lowest BCUT2D eigenvalue weighted by atomic mass is 10.1. The van der Waals surface area contributed by atoms with Crippen LogP contribution in [0.2, 0.25) is 0 Å². The van der Waals surface area contributed by atoms with Crippen LogP contribution in [0.5, 0.6) is 0 Å². The Morgan fingerprint density at radius 2 is 1.72 bits per heavy atom. The van der Waals surface area contributed by atoms with Crippen LogP contribution in [0.1, 0.15) is 24.5 Å². The molecule has 134 valence electrons. The molecule has 0 spiro atoms. The van der Waals surface area contributed by atoms with Gasteiger partial charge in [0.2, 0.25) is 15.9 Å². The number of aryl methyl sites for hydroxylation is 2. The Labute approximate surface area is 149 Å². The van der Waals surface area contributed by atoms with E-state index in [1.807, 2.05) is 38.1 Å². The Morgan fingerprint density at radius 1 is 1.08 bits per heavy atom. The number of para-hydroxylation sites is 1. The minimum atomic E-state index is -3.62. The fourth-order valence-electron chi connectivity index (χ4n) is 2.67. The number of carbonyl (C=O) groups excluding carboxylic acids is 1.